The van der Waals surface area contributed by atoms with Crippen molar-refractivity contribution in [3.63, 3.8) is 0 Å². The number of ether oxygens (including phenoxy) is 2. The van der Waals surface area contributed by atoms with Crippen molar-refractivity contribution in [2.75, 3.05) is 18.5 Å². The maximum absolute atomic E-state index is 13.5. The van der Waals surface area contributed by atoms with Gasteiger partial charge in [-0.2, -0.15) is 0 Å². The van der Waals surface area contributed by atoms with Crippen molar-refractivity contribution in [1.82, 2.24) is 5.32 Å². The third-order valence-electron chi connectivity index (χ3n) is 5.82. The molecule has 1 N–H and O–H groups in total. The van der Waals surface area contributed by atoms with Crippen LogP contribution in [0.4, 0.5) is 5.69 Å². The summed E-state index contributed by atoms with van der Waals surface area (Å²) in [4.78, 5) is 12.9. The molecule has 0 aliphatic rings. The number of nitrogens with zero attached hydrogens (tertiary/aromatic N) is 1. The lowest BCUT2D eigenvalue weighted by atomic mass is 10.1. The Morgan fingerprint density at radius 2 is 1.35 bits per heavy atom. The first-order valence-corrected chi connectivity index (χ1v) is 13.1. The summed E-state index contributed by atoms with van der Waals surface area (Å²) in [5, 5.41) is 2.89. The van der Waals surface area contributed by atoms with E-state index in [1.54, 1.807) is 99.1 Å². The van der Waals surface area contributed by atoms with Gasteiger partial charge in [0, 0.05) is 12.1 Å². The topological polar surface area (TPSA) is 84.9 Å². The second-order valence-corrected chi connectivity index (χ2v) is 10.1. The molecule has 4 aromatic rings. The fraction of sp³-hybridized carbons (Fsp3) is 0.138. The highest BCUT2D eigenvalue weighted by Crippen LogP contribution is 2.28. The van der Waals surface area contributed by atoms with E-state index in [-0.39, 0.29) is 17.3 Å². The Labute approximate surface area is 217 Å². The number of carbonyl (C=O) groups is 1. The predicted molar refractivity (Wildman–Crippen MR) is 143 cm³/mol. The number of rotatable bonds is 10. The molecule has 4 rings (SSSR count). The molecule has 0 unspecified atom stereocenters. The number of nitrogens with one attached hydrogen (secondary N) is 1. The number of sulfonamides is 1. The number of anilines is 1. The van der Waals surface area contributed by atoms with Crippen molar-refractivity contribution < 1.29 is 22.7 Å². The summed E-state index contributed by atoms with van der Waals surface area (Å²) in [6.07, 6.45) is 0. The van der Waals surface area contributed by atoms with E-state index in [4.69, 9.17) is 9.47 Å². The van der Waals surface area contributed by atoms with E-state index in [2.05, 4.69) is 5.32 Å². The summed E-state index contributed by atoms with van der Waals surface area (Å²) < 4.78 is 38.9. The summed E-state index contributed by atoms with van der Waals surface area (Å²) in [7, 11) is -0.664. The van der Waals surface area contributed by atoms with Crippen molar-refractivity contribution in [1.29, 1.82) is 0 Å². The second-order valence-electron chi connectivity index (χ2n) is 8.23. The third-order valence-corrected chi connectivity index (χ3v) is 7.61. The lowest BCUT2D eigenvalue weighted by Gasteiger charge is -2.25. The van der Waals surface area contributed by atoms with Gasteiger partial charge in [-0.25, -0.2) is 8.42 Å². The van der Waals surface area contributed by atoms with Crippen LogP contribution in [0.15, 0.2) is 108 Å². The number of methoxy groups -OCH3 is 2. The molecule has 0 spiro atoms. The highest BCUT2D eigenvalue weighted by atomic mass is 32.2. The molecule has 0 saturated carbocycles. The van der Waals surface area contributed by atoms with Crippen LogP contribution in [-0.4, -0.2) is 28.5 Å². The van der Waals surface area contributed by atoms with Gasteiger partial charge in [0.1, 0.15) is 0 Å². The van der Waals surface area contributed by atoms with Gasteiger partial charge in [-0.05, 0) is 59.7 Å². The molecule has 1 amide bonds. The third kappa shape index (κ3) is 6.10. The summed E-state index contributed by atoms with van der Waals surface area (Å²) in [5.41, 5.74) is 2.65. The summed E-state index contributed by atoms with van der Waals surface area (Å²) in [6.45, 7) is 0.437. The van der Waals surface area contributed by atoms with E-state index in [1.807, 2.05) is 18.2 Å². The maximum atomic E-state index is 13.5. The van der Waals surface area contributed by atoms with Gasteiger partial charge in [-0.1, -0.05) is 54.6 Å². The molecule has 8 heteroatoms. The first-order valence-electron chi connectivity index (χ1n) is 11.6. The molecule has 0 aliphatic heterocycles. The van der Waals surface area contributed by atoms with Crippen LogP contribution in [0.1, 0.15) is 21.5 Å². The van der Waals surface area contributed by atoms with Crippen LogP contribution in [-0.2, 0) is 23.1 Å². The Kier molecular flexibility index (Phi) is 8.10. The average molecular weight is 517 g/mol. The first kappa shape index (κ1) is 25.8. The Hall–Kier alpha value is -4.30. The van der Waals surface area contributed by atoms with Crippen molar-refractivity contribution in [3.05, 3.63) is 120 Å². The minimum Gasteiger partial charge on any atom is -0.493 e. The van der Waals surface area contributed by atoms with Crippen molar-refractivity contribution in [2.24, 2.45) is 0 Å². The molecule has 4 aromatic carbocycles. The van der Waals surface area contributed by atoms with Gasteiger partial charge in [0.25, 0.3) is 15.9 Å². The second kappa shape index (κ2) is 11.6. The molecule has 0 aliphatic carbocycles. The highest BCUT2D eigenvalue weighted by molar-refractivity contribution is 7.92. The zero-order valence-electron chi connectivity index (χ0n) is 20.6. The summed E-state index contributed by atoms with van der Waals surface area (Å²) in [5.74, 6) is 0.970. The van der Waals surface area contributed by atoms with Gasteiger partial charge in [0.2, 0.25) is 0 Å². The number of amides is 1. The lowest BCUT2D eigenvalue weighted by molar-refractivity contribution is 0.0951. The molecule has 0 bridgehead atoms. The van der Waals surface area contributed by atoms with Gasteiger partial charge < -0.3 is 14.8 Å². The molecule has 0 aromatic heterocycles. The lowest BCUT2D eigenvalue weighted by Crippen LogP contribution is -2.30. The van der Waals surface area contributed by atoms with E-state index in [1.165, 1.54) is 4.31 Å². The van der Waals surface area contributed by atoms with E-state index in [0.717, 1.165) is 11.1 Å². The molecule has 0 saturated heterocycles. The molecule has 190 valence electrons. The van der Waals surface area contributed by atoms with E-state index >= 15 is 0 Å². The van der Waals surface area contributed by atoms with Crippen molar-refractivity contribution in [3.8, 4) is 11.5 Å². The highest BCUT2D eigenvalue weighted by Gasteiger charge is 2.25. The fourth-order valence-electron chi connectivity index (χ4n) is 3.83. The predicted octanol–water partition coefficient (Wildman–Crippen LogP) is 5.03. The van der Waals surface area contributed by atoms with Gasteiger partial charge >= 0.3 is 0 Å². The number of para-hydroxylation sites is 1. The van der Waals surface area contributed by atoms with Gasteiger partial charge in [-0.3, -0.25) is 9.10 Å². The van der Waals surface area contributed by atoms with Crippen LogP contribution in [0.2, 0.25) is 0 Å². The maximum Gasteiger partial charge on any atom is 0.264 e. The minimum atomic E-state index is -3.79. The minimum absolute atomic E-state index is 0.120. The Bertz CT molecular complexity index is 1440. The Balaban J connectivity index is 1.49. The van der Waals surface area contributed by atoms with Gasteiger partial charge in [0.15, 0.2) is 11.5 Å². The first-order chi connectivity index (χ1) is 17.9. The normalized spacial score (nSPS) is 11.0. The molecule has 0 fully saturated rings. The summed E-state index contributed by atoms with van der Waals surface area (Å²) in [6, 6.07) is 29.7. The summed E-state index contributed by atoms with van der Waals surface area (Å²) >= 11 is 0. The number of carbonyl (C=O) groups excluding carboxylic acids is 1. The van der Waals surface area contributed by atoms with Crippen LogP contribution < -0.4 is 19.1 Å². The zero-order chi connectivity index (χ0) is 26.3. The Morgan fingerprint density at radius 3 is 1.97 bits per heavy atom. The van der Waals surface area contributed by atoms with Crippen LogP contribution in [0.5, 0.6) is 11.5 Å². The van der Waals surface area contributed by atoms with Crippen LogP contribution in [0.3, 0.4) is 0 Å². The van der Waals surface area contributed by atoms with Crippen LogP contribution >= 0.6 is 0 Å². The Morgan fingerprint density at radius 1 is 0.757 bits per heavy atom. The van der Waals surface area contributed by atoms with E-state index in [9.17, 15) is 13.2 Å². The molecule has 0 radical (unpaired) electrons. The molecule has 7 nitrogen and oxygen atoms in total. The number of benzene rings is 4. The SMILES string of the molecule is COc1ccc(CNC(=O)c2ccc(CN(c3ccccc3)S(=O)(=O)c3ccccc3)cc2)cc1OC. The number of hydrogen-bond donors (Lipinski definition) is 1. The average Bonchev–Trinajstić information content (AvgIpc) is 2.95. The molecule has 0 atom stereocenters. The quantitative estimate of drug-likeness (QED) is 0.320. The molecular weight excluding hydrogens is 488 g/mol. The smallest absolute Gasteiger partial charge is 0.264 e. The van der Waals surface area contributed by atoms with Gasteiger partial charge in [-0.15, -0.1) is 0 Å². The zero-order valence-corrected chi connectivity index (χ0v) is 21.4. The monoisotopic (exact) mass is 516 g/mol. The van der Waals surface area contributed by atoms with Crippen LogP contribution in [0, 0.1) is 0 Å². The largest absolute Gasteiger partial charge is 0.493 e. The number of hydrogen-bond acceptors (Lipinski definition) is 5. The fourth-order valence-corrected chi connectivity index (χ4v) is 5.31. The molecular formula is C29H28N2O5S. The van der Waals surface area contributed by atoms with Crippen molar-refractivity contribution in [2.45, 2.75) is 18.0 Å². The van der Waals surface area contributed by atoms with E-state index in [0.29, 0.717) is 29.3 Å². The van der Waals surface area contributed by atoms with Crippen LogP contribution in [0.25, 0.3) is 0 Å². The molecule has 0 heterocycles. The van der Waals surface area contributed by atoms with Crippen molar-refractivity contribution >= 4 is 21.6 Å². The molecule has 37 heavy (non-hydrogen) atoms. The van der Waals surface area contributed by atoms with E-state index < -0.39 is 10.0 Å². The van der Waals surface area contributed by atoms with Gasteiger partial charge in [0.05, 0.1) is 31.3 Å². The standard InChI is InChI=1S/C29H28N2O5S/c1-35-27-18-15-23(19-28(27)36-2)20-30-29(32)24-16-13-22(14-17-24)21-31(25-9-5-3-6-10-25)37(33,34)26-11-7-4-8-12-26/h3-19H,20-21H2,1-2H3,(H,30,32).